The number of aromatic nitrogens is 6. The molecule has 0 spiro atoms. The predicted molar refractivity (Wildman–Crippen MR) is 125 cm³/mol. The van der Waals surface area contributed by atoms with E-state index in [1.165, 1.54) is 19.3 Å². The van der Waals surface area contributed by atoms with Crippen molar-refractivity contribution in [3.8, 4) is 0 Å². The second kappa shape index (κ2) is 7.93. The van der Waals surface area contributed by atoms with Crippen molar-refractivity contribution in [3.63, 3.8) is 0 Å². The van der Waals surface area contributed by atoms with Crippen LogP contribution in [0.25, 0.3) is 10.9 Å². The molecule has 0 unspecified atom stereocenters. The second-order valence-electron chi connectivity index (χ2n) is 9.30. The van der Waals surface area contributed by atoms with Gasteiger partial charge >= 0.3 is 0 Å². The van der Waals surface area contributed by atoms with Crippen LogP contribution in [-0.2, 0) is 5.54 Å². The van der Waals surface area contributed by atoms with Gasteiger partial charge in [-0.05, 0) is 56.4 Å². The summed E-state index contributed by atoms with van der Waals surface area (Å²) in [4.78, 5) is 15.5. The van der Waals surface area contributed by atoms with Crippen LogP contribution in [0.2, 0.25) is 0 Å². The van der Waals surface area contributed by atoms with Gasteiger partial charge in [0.2, 0.25) is 0 Å². The van der Waals surface area contributed by atoms with E-state index in [-0.39, 0.29) is 11.1 Å². The number of hydrogen-bond acceptors (Lipinski definition) is 5. The minimum Gasteiger partial charge on any atom is -0.338 e. The Morgan fingerprint density at radius 1 is 1.12 bits per heavy atom. The molecule has 1 aromatic carbocycles. The van der Waals surface area contributed by atoms with E-state index >= 15 is 0 Å². The molecular formula is C24H29N7O. The number of nitrogens with zero attached hydrogens (tertiary/aromatic N) is 5. The third kappa shape index (κ3) is 3.49. The fourth-order valence-electron chi connectivity index (χ4n) is 4.84. The molecule has 4 aromatic rings. The highest BCUT2D eigenvalue weighted by molar-refractivity contribution is 5.91. The zero-order valence-corrected chi connectivity index (χ0v) is 18.7. The van der Waals surface area contributed by atoms with Gasteiger partial charge in [0.1, 0.15) is 5.39 Å². The van der Waals surface area contributed by atoms with Crippen molar-refractivity contribution in [2.24, 2.45) is 5.92 Å². The molecule has 3 heterocycles. The molecule has 8 nitrogen and oxygen atoms in total. The van der Waals surface area contributed by atoms with Gasteiger partial charge in [-0.1, -0.05) is 37.1 Å². The van der Waals surface area contributed by atoms with Crippen molar-refractivity contribution in [1.29, 1.82) is 0 Å². The van der Waals surface area contributed by atoms with Crippen LogP contribution in [0.3, 0.4) is 0 Å². The van der Waals surface area contributed by atoms with Gasteiger partial charge in [-0.3, -0.25) is 9.48 Å². The number of benzene rings is 1. The number of H-pyrrole nitrogens is 1. The summed E-state index contributed by atoms with van der Waals surface area (Å²) in [5.41, 5.74) is 2.44. The molecule has 0 amide bonds. The maximum Gasteiger partial charge on any atom is 0.261 e. The average molecular weight is 432 g/mol. The van der Waals surface area contributed by atoms with E-state index < -0.39 is 0 Å². The highest BCUT2D eigenvalue weighted by Gasteiger charge is 2.27. The third-order valence-electron chi connectivity index (χ3n) is 6.86. The first-order chi connectivity index (χ1) is 15.4. The lowest BCUT2D eigenvalue weighted by molar-refractivity contribution is 0.246. The second-order valence-corrected chi connectivity index (χ2v) is 9.30. The van der Waals surface area contributed by atoms with Gasteiger partial charge in [-0.15, -0.1) is 5.10 Å². The van der Waals surface area contributed by atoms with Gasteiger partial charge in [0.25, 0.3) is 5.56 Å². The fraction of sp³-hybridized carbons (Fsp3) is 0.417. The lowest BCUT2D eigenvalue weighted by Crippen LogP contribution is -2.28. The summed E-state index contributed by atoms with van der Waals surface area (Å²) in [6, 6.07) is 10.4. The summed E-state index contributed by atoms with van der Waals surface area (Å²) in [5, 5.41) is 17.0. The summed E-state index contributed by atoms with van der Waals surface area (Å²) < 4.78 is 3.91. The molecule has 2 N–H and O–H groups in total. The van der Waals surface area contributed by atoms with Gasteiger partial charge in [0.05, 0.1) is 23.3 Å². The Hall–Kier alpha value is -3.42. The SMILES string of the molecule is C[C@H]1CCCC[C@@H]1n1nc(Nc2ccc(C(C)(C)n3ccnn3)cc2)c2c(=O)[nH]ccc21. The summed E-state index contributed by atoms with van der Waals surface area (Å²) in [6.07, 6.45) is 10.0. The number of pyridine rings is 1. The lowest BCUT2D eigenvalue weighted by Gasteiger charge is -2.29. The molecule has 0 saturated heterocycles. The zero-order valence-electron chi connectivity index (χ0n) is 18.7. The van der Waals surface area contributed by atoms with Crippen molar-refractivity contribution < 1.29 is 0 Å². The normalized spacial score (nSPS) is 19.3. The largest absolute Gasteiger partial charge is 0.338 e. The first-order valence-corrected chi connectivity index (χ1v) is 11.3. The predicted octanol–water partition coefficient (Wildman–Crippen LogP) is 4.59. The number of hydrogen-bond donors (Lipinski definition) is 2. The lowest BCUT2D eigenvalue weighted by atomic mass is 9.86. The van der Waals surface area contributed by atoms with Crippen LogP contribution in [0.15, 0.2) is 53.7 Å². The zero-order chi connectivity index (χ0) is 22.3. The Kier molecular flexibility index (Phi) is 5.07. The molecule has 32 heavy (non-hydrogen) atoms. The van der Waals surface area contributed by atoms with Crippen LogP contribution in [-0.4, -0.2) is 29.8 Å². The fourth-order valence-corrected chi connectivity index (χ4v) is 4.84. The minimum absolute atomic E-state index is 0.122. The molecule has 1 saturated carbocycles. The van der Waals surface area contributed by atoms with Gasteiger partial charge in [-0.2, -0.15) is 5.10 Å². The van der Waals surface area contributed by atoms with Crippen molar-refractivity contribution in [2.75, 3.05) is 5.32 Å². The Morgan fingerprint density at radius 3 is 2.62 bits per heavy atom. The Morgan fingerprint density at radius 2 is 1.91 bits per heavy atom. The van der Waals surface area contributed by atoms with Crippen molar-refractivity contribution >= 4 is 22.4 Å². The summed E-state index contributed by atoms with van der Waals surface area (Å²) >= 11 is 0. The molecule has 166 valence electrons. The number of anilines is 2. The quantitative estimate of drug-likeness (QED) is 0.482. The van der Waals surface area contributed by atoms with E-state index in [1.807, 2.05) is 29.1 Å². The number of fused-ring (bicyclic) bond motifs is 1. The van der Waals surface area contributed by atoms with E-state index in [1.54, 1.807) is 12.4 Å². The smallest absolute Gasteiger partial charge is 0.261 e. The van der Waals surface area contributed by atoms with Crippen LogP contribution in [0.4, 0.5) is 11.5 Å². The molecule has 0 aliphatic heterocycles. The minimum atomic E-state index is -0.322. The molecular weight excluding hydrogens is 402 g/mol. The van der Waals surface area contributed by atoms with Gasteiger partial charge in [0, 0.05) is 18.1 Å². The maximum atomic E-state index is 12.7. The highest BCUT2D eigenvalue weighted by Crippen LogP contribution is 2.36. The third-order valence-corrected chi connectivity index (χ3v) is 6.86. The summed E-state index contributed by atoms with van der Waals surface area (Å²) in [7, 11) is 0. The molecule has 2 atom stereocenters. The van der Waals surface area contributed by atoms with E-state index in [2.05, 4.69) is 58.2 Å². The first-order valence-electron chi connectivity index (χ1n) is 11.3. The van der Waals surface area contributed by atoms with Crippen LogP contribution in [0.5, 0.6) is 0 Å². The average Bonchev–Trinajstić information content (AvgIpc) is 3.45. The first kappa shape index (κ1) is 20.5. The molecule has 1 aliphatic carbocycles. The monoisotopic (exact) mass is 431 g/mol. The van der Waals surface area contributed by atoms with Crippen molar-refractivity contribution in [1.82, 2.24) is 29.8 Å². The van der Waals surface area contributed by atoms with E-state index in [9.17, 15) is 4.79 Å². The van der Waals surface area contributed by atoms with Crippen LogP contribution >= 0.6 is 0 Å². The van der Waals surface area contributed by atoms with E-state index in [0.717, 1.165) is 23.2 Å². The molecule has 1 fully saturated rings. The topological polar surface area (TPSA) is 93.4 Å². The molecule has 0 radical (unpaired) electrons. The van der Waals surface area contributed by atoms with Gasteiger partial charge in [-0.25, -0.2) is 4.68 Å². The van der Waals surface area contributed by atoms with Crippen molar-refractivity contribution in [3.05, 3.63) is 64.8 Å². The van der Waals surface area contributed by atoms with E-state index in [4.69, 9.17) is 5.10 Å². The number of nitrogens with one attached hydrogen (secondary N) is 2. The van der Waals surface area contributed by atoms with Crippen LogP contribution < -0.4 is 10.9 Å². The van der Waals surface area contributed by atoms with Crippen LogP contribution in [0.1, 0.15) is 58.1 Å². The number of rotatable bonds is 5. The molecule has 8 heteroatoms. The maximum absolute atomic E-state index is 12.7. The molecule has 0 bridgehead atoms. The Balaban J connectivity index is 1.49. The molecule has 5 rings (SSSR count). The Bertz CT molecular complexity index is 1270. The summed E-state index contributed by atoms with van der Waals surface area (Å²) in [5.74, 6) is 1.14. The highest BCUT2D eigenvalue weighted by atomic mass is 16.1. The Labute approximate surface area is 186 Å². The molecule has 3 aromatic heterocycles. The summed E-state index contributed by atoms with van der Waals surface area (Å²) in [6.45, 7) is 6.49. The van der Waals surface area contributed by atoms with Crippen LogP contribution in [0, 0.1) is 5.92 Å². The number of aromatic amines is 1. The van der Waals surface area contributed by atoms with E-state index in [0.29, 0.717) is 23.2 Å². The van der Waals surface area contributed by atoms with Gasteiger partial charge < -0.3 is 10.3 Å². The molecule has 1 aliphatic rings. The van der Waals surface area contributed by atoms with Gasteiger partial charge in [0.15, 0.2) is 5.82 Å². The van der Waals surface area contributed by atoms with Crippen molar-refractivity contribution in [2.45, 2.75) is 58.0 Å². The standard InChI is InChI=1S/C24H29N7O/c1-16-6-4-5-7-19(16)31-20-12-13-25-23(32)21(20)22(28-31)27-18-10-8-17(9-11-18)24(2,3)30-15-14-26-29-30/h8-16,19H,4-7H2,1-3H3,(H,25,32)(H,27,28)/t16-,19-/m0/s1.